The SMILES string of the molecule is CCOc1ccccc1N1CC2(CCCC2)NCC1C. The second kappa shape index (κ2) is 5.65. The van der Waals surface area contributed by atoms with Crippen molar-refractivity contribution in [1.29, 1.82) is 0 Å². The molecule has 1 heterocycles. The topological polar surface area (TPSA) is 24.5 Å². The average Bonchev–Trinajstić information content (AvgIpc) is 2.92. The van der Waals surface area contributed by atoms with Gasteiger partial charge in [-0.2, -0.15) is 0 Å². The van der Waals surface area contributed by atoms with Gasteiger partial charge in [0.1, 0.15) is 5.75 Å². The van der Waals surface area contributed by atoms with E-state index >= 15 is 0 Å². The largest absolute Gasteiger partial charge is 0.492 e. The van der Waals surface area contributed by atoms with E-state index in [9.17, 15) is 0 Å². The number of benzene rings is 1. The lowest BCUT2D eigenvalue weighted by atomic mass is 9.92. The zero-order valence-corrected chi connectivity index (χ0v) is 12.7. The van der Waals surface area contributed by atoms with Crippen molar-refractivity contribution in [2.24, 2.45) is 0 Å². The molecule has 1 unspecified atom stereocenters. The predicted octanol–water partition coefficient (Wildman–Crippen LogP) is 3.20. The van der Waals surface area contributed by atoms with Crippen LogP contribution >= 0.6 is 0 Å². The van der Waals surface area contributed by atoms with Crippen LogP contribution in [0, 0.1) is 0 Å². The predicted molar refractivity (Wildman–Crippen MR) is 83.6 cm³/mol. The zero-order chi connectivity index (χ0) is 14.0. The highest BCUT2D eigenvalue weighted by Gasteiger charge is 2.40. The van der Waals surface area contributed by atoms with E-state index in [4.69, 9.17) is 4.74 Å². The lowest BCUT2D eigenvalue weighted by Crippen LogP contribution is -2.62. The highest BCUT2D eigenvalue weighted by Crippen LogP contribution is 2.37. The molecule has 3 heteroatoms. The zero-order valence-electron chi connectivity index (χ0n) is 12.7. The van der Waals surface area contributed by atoms with E-state index in [1.807, 2.05) is 0 Å². The van der Waals surface area contributed by atoms with Gasteiger partial charge in [0.15, 0.2) is 0 Å². The average molecular weight is 274 g/mol. The minimum Gasteiger partial charge on any atom is -0.492 e. The normalized spacial score (nSPS) is 25.1. The lowest BCUT2D eigenvalue weighted by molar-refractivity contribution is 0.273. The number of nitrogens with one attached hydrogen (secondary N) is 1. The quantitative estimate of drug-likeness (QED) is 0.916. The van der Waals surface area contributed by atoms with E-state index in [0.717, 1.165) is 25.4 Å². The van der Waals surface area contributed by atoms with Crippen LogP contribution in [-0.4, -0.2) is 31.3 Å². The fraction of sp³-hybridized carbons (Fsp3) is 0.647. The van der Waals surface area contributed by atoms with E-state index in [1.165, 1.54) is 31.4 Å². The summed E-state index contributed by atoms with van der Waals surface area (Å²) in [6.07, 6.45) is 5.35. The van der Waals surface area contributed by atoms with Crippen LogP contribution in [0.5, 0.6) is 5.75 Å². The number of nitrogens with zero attached hydrogens (tertiary/aromatic N) is 1. The Balaban J connectivity index is 1.87. The number of para-hydroxylation sites is 2. The molecule has 2 aliphatic rings. The van der Waals surface area contributed by atoms with Crippen LogP contribution in [0.1, 0.15) is 39.5 Å². The summed E-state index contributed by atoms with van der Waals surface area (Å²) < 4.78 is 5.83. The van der Waals surface area contributed by atoms with E-state index in [1.54, 1.807) is 0 Å². The van der Waals surface area contributed by atoms with Crippen LogP contribution < -0.4 is 15.0 Å². The van der Waals surface area contributed by atoms with E-state index in [2.05, 4.69) is 48.3 Å². The third-order valence-corrected chi connectivity index (χ3v) is 4.81. The van der Waals surface area contributed by atoms with Gasteiger partial charge in [-0.05, 0) is 38.8 Å². The molecule has 1 spiro atoms. The minimum absolute atomic E-state index is 0.339. The molecule has 1 aromatic rings. The second-order valence-corrected chi connectivity index (χ2v) is 6.25. The Hall–Kier alpha value is -1.22. The maximum absolute atomic E-state index is 5.83. The number of piperazine rings is 1. The highest BCUT2D eigenvalue weighted by molar-refractivity contribution is 5.60. The van der Waals surface area contributed by atoms with Gasteiger partial charge in [-0.15, -0.1) is 0 Å². The number of rotatable bonds is 3. The van der Waals surface area contributed by atoms with Gasteiger partial charge in [-0.3, -0.25) is 0 Å². The van der Waals surface area contributed by atoms with Gasteiger partial charge >= 0.3 is 0 Å². The van der Waals surface area contributed by atoms with Crippen LogP contribution in [0.15, 0.2) is 24.3 Å². The first-order chi connectivity index (χ1) is 9.74. The summed E-state index contributed by atoms with van der Waals surface area (Å²) in [5.74, 6) is 1.02. The molecule has 1 saturated heterocycles. The summed E-state index contributed by atoms with van der Waals surface area (Å²) in [4.78, 5) is 2.55. The van der Waals surface area contributed by atoms with Crippen LogP contribution in [0.4, 0.5) is 5.69 Å². The third-order valence-electron chi connectivity index (χ3n) is 4.81. The van der Waals surface area contributed by atoms with E-state index in [0.29, 0.717) is 11.6 Å². The summed E-state index contributed by atoms with van der Waals surface area (Å²) >= 11 is 0. The van der Waals surface area contributed by atoms with Gasteiger partial charge in [0.2, 0.25) is 0 Å². The van der Waals surface area contributed by atoms with Gasteiger partial charge in [0, 0.05) is 24.7 Å². The molecule has 2 fully saturated rings. The molecular formula is C17H26N2O. The van der Waals surface area contributed by atoms with Crippen molar-refractivity contribution in [3.8, 4) is 5.75 Å². The number of anilines is 1. The lowest BCUT2D eigenvalue weighted by Gasteiger charge is -2.46. The van der Waals surface area contributed by atoms with Crippen LogP contribution in [0.3, 0.4) is 0 Å². The third kappa shape index (κ3) is 2.51. The smallest absolute Gasteiger partial charge is 0.142 e. The Bertz CT molecular complexity index is 454. The fourth-order valence-corrected chi connectivity index (χ4v) is 3.69. The Morgan fingerprint density at radius 2 is 2.05 bits per heavy atom. The number of hydrogen-bond donors (Lipinski definition) is 1. The molecule has 0 radical (unpaired) electrons. The molecule has 1 atom stereocenters. The molecule has 1 saturated carbocycles. The standard InChI is InChI=1S/C17H26N2O/c1-3-20-16-9-5-4-8-15(16)19-13-17(10-6-7-11-17)18-12-14(19)2/h4-5,8-9,14,18H,3,6-7,10-13H2,1-2H3. The van der Waals surface area contributed by atoms with Crippen molar-refractivity contribution < 1.29 is 4.74 Å². The molecule has 3 rings (SSSR count). The molecule has 20 heavy (non-hydrogen) atoms. The first-order valence-corrected chi connectivity index (χ1v) is 7.98. The second-order valence-electron chi connectivity index (χ2n) is 6.25. The molecule has 1 aliphatic carbocycles. The Morgan fingerprint density at radius 3 is 2.80 bits per heavy atom. The summed E-state index contributed by atoms with van der Waals surface area (Å²) in [7, 11) is 0. The van der Waals surface area contributed by atoms with Crippen LogP contribution in [-0.2, 0) is 0 Å². The molecule has 110 valence electrons. The molecule has 1 aromatic carbocycles. The minimum atomic E-state index is 0.339. The molecule has 0 aromatic heterocycles. The van der Waals surface area contributed by atoms with Gasteiger partial charge in [-0.25, -0.2) is 0 Å². The Kier molecular flexibility index (Phi) is 3.88. The maximum Gasteiger partial charge on any atom is 0.142 e. The van der Waals surface area contributed by atoms with Gasteiger partial charge < -0.3 is 15.0 Å². The number of ether oxygens (including phenoxy) is 1. The summed E-state index contributed by atoms with van der Waals surface area (Å²) in [6.45, 7) is 7.26. The maximum atomic E-state index is 5.83. The van der Waals surface area contributed by atoms with Crippen molar-refractivity contribution in [3.63, 3.8) is 0 Å². The van der Waals surface area contributed by atoms with E-state index < -0.39 is 0 Å². The van der Waals surface area contributed by atoms with Crippen molar-refractivity contribution in [1.82, 2.24) is 5.32 Å². The molecule has 3 nitrogen and oxygen atoms in total. The first kappa shape index (κ1) is 13.7. The molecule has 0 amide bonds. The van der Waals surface area contributed by atoms with Crippen molar-refractivity contribution in [2.75, 3.05) is 24.6 Å². The first-order valence-electron chi connectivity index (χ1n) is 7.98. The van der Waals surface area contributed by atoms with Crippen molar-refractivity contribution in [3.05, 3.63) is 24.3 Å². The van der Waals surface area contributed by atoms with Gasteiger partial charge in [-0.1, -0.05) is 25.0 Å². The van der Waals surface area contributed by atoms with Crippen molar-refractivity contribution in [2.45, 2.75) is 51.1 Å². The highest BCUT2D eigenvalue weighted by atomic mass is 16.5. The molecular weight excluding hydrogens is 248 g/mol. The van der Waals surface area contributed by atoms with Crippen molar-refractivity contribution >= 4 is 5.69 Å². The van der Waals surface area contributed by atoms with Crippen LogP contribution in [0.2, 0.25) is 0 Å². The van der Waals surface area contributed by atoms with Gasteiger partial charge in [0.05, 0.1) is 12.3 Å². The summed E-state index contributed by atoms with van der Waals surface area (Å²) in [5.41, 5.74) is 1.60. The van der Waals surface area contributed by atoms with Gasteiger partial charge in [0.25, 0.3) is 0 Å². The van der Waals surface area contributed by atoms with Crippen LogP contribution in [0.25, 0.3) is 0 Å². The monoisotopic (exact) mass is 274 g/mol. The Morgan fingerprint density at radius 1 is 1.30 bits per heavy atom. The number of hydrogen-bond acceptors (Lipinski definition) is 3. The summed E-state index contributed by atoms with van der Waals surface area (Å²) in [5, 5.41) is 3.81. The Labute approximate surface area is 122 Å². The summed E-state index contributed by atoms with van der Waals surface area (Å²) in [6, 6.07) is 8.99. The molecule has 1 N–H and O–H groups in total. The molecule has 0 bridgehead atoms. The van der Waals surface area contributed by atoms with E-state index in [-0.39, 0.29) is 0 Å². The fourth-order valence-electron chi connectivity index (χ4n) is 3.69. The molecule has 1 aliphatic heterocycles.